The third-order valence-corrected chi connectivity index (χ3v) is 4.73. The summed E-state index contributed by atoms with van der Waals surface area (Å²) in [4.78, 5) is 25.7. The molecule has 120 valence electrons. The highest BCUT2D eigenvalue weighted by atomic mass is 16.5. The van der Waals surface area contributed by atoms with Crippen LogP contribution in [0.5, 0.6) is 0 Å². The summed E-state index contributed by atoms with van der Waals surface area (Å²) < 4.78 is 5.40. The Morgan fingerprint density at radius 2 is 1.90 bits per heavy atom. The van der Waals surface area contributed by atoms with Crippen molar-refractivity contribution in [3.63, 3.8) is 0 Å². The smallest absolute Gasteiger partial charge is 0.318 e. The lowest BCUT2D eigenvalue weighted by molar-refractivity contribution is -0.150. The first-order valence-electron chi connectivity index (χ1n) is 7.74. The van der Waals surface area contributed by atoms with E-state index in [-0.39, 0.29) is 18.1 Å². The van der Waals surface area contributed by atoms with Gasteiger partial charge in [0, 0.05) is 13.1 Å². The Bertz CT molecular complexity index is 402. The Hall–Kier alpha value is -1.30. The van der Waals surface area contributed by atoms with E-state index < -0.39 is 11.4 Å². The van der Waals surface area contributed by atoms with E-state index in [1.165, 1.54) is 0 Å². The summed E-state index contributed by atoms with van der Waals surface area (Å²) in [6.45, 7) is 5.71. The van der Waals surface area contributed by atoms with E-state index in [4.69, 9.17) is 4.74 Å². The molecule has 1 heterocycles. The van der Waals surface area contributed by atoms with Crippen LogP contribution in [0.2, 0.25) is 0 Å². The molecule has 2 aliphatic rings. The van der Waals surface area contributed by atoms with Crippen LogP contribution >= 0.6 is 0 Å². The first-order chi connectivity index (χ1) is 9.87. The van der Waals surface area contributed by atoms with Crippen molar-refractivity contribution in [3.05, 3.63) is 0 Å². The number of carboxylic acids is 1. The second-order valence-electron chi connectivity index (χ2n) is 6.82. The van der Waals surface area contributed by atoms with Crippen LogP contribution in [0.3, 0.4) is 0 Å². The van der Waals surface area contributed by atoms with Gasteiger partial charge in [0.15, 0.2) is 0 Å². The molecule has 2 amide bonds. The van der Waals surface area contributed by atoms with E-state index >= 15 is 0 Å². The van der Waals surface area contributed by atoms with Crippen LogP contribution in [0.1, 0.15) is 46.0 Å². The zero-order chi connectivity index (χ0) is 15.5. The molecular weight excluding hydrogens is 272 g/mol. The average Bonchev–Trinajstić information content (AvgIpc) is 2.45. The van der Waals surface area contributed by atoms with Crippen molar-refractivity contribution < 1.29 is 19.4 Å². The number of ether oxygens (including phenoxy) is 1. The molecule has 2 rings (SSSR count). The highest BCUT2D eigenvalue weighted by Crippen LogP contribution is 2.36. The van der Waals surface area contributed by atoms with Crippen LogP contribution in [0, 0.1) is 5.41 Å². The molecule has 0 aromatic rings. The molecular formula is C15H26N2O4. The first kappa shape index (κ1) is 16.1. The maximum Gasteiger partial charge on any atom is 0.318 e. The van der Waals surface area contributed by atoms with Gasteiger partial charge in [-0.15, -0.1) is 0 Å². The fraction of sp³-hybridized carbons (Fsp3) is 0.867. The van der Waals surface area contributed by atoms with E-state index in [1.54, 1.807) is 4.90 Å². The van der Waals surface area contributed by atoms with Gasteiger partial charge >= 0.3 is 12.0 Å². The van der Waals surface area contributed by atoms with Crippen molar-refractivity contribution in [1.82, 2.24) is 10.2 Å². The first-order valence-corrected chi connectivity index (χ1v) is 7.74. The molecule has 0 atom stereocenters. The number of morpholine rings is 1. The standard InChI is InChI=1S/C15H26N2O4/c1-14(2)11-21-9-8-17(14)13(20)16-10-15(12(18)19)6-4-3-5-7-15/h3-11H2,1-2H3,(H,16,20)(H,18,19). The van der Waals surface area contributed by atoms with E-state index in [0.29, 0.717) is 32.6 Å². The quantitative estimate of drug-likeness (QED) is 0.833. The molecule has 1 aliphatic heterocycles. The minimum absolute atomic E-state index is 0.186. The molecule has 6 heteroatoms. The predicted molar refractivity (Wildman–Crippen MR) is 78.2 cm³/mol. The maximum atomic E-state index is 12.4. The molecule has 1 aliphatic carbocycles. The Kier molecular flexibility index (Phi) is 4.76. The highest BCUT2D eigenvalue weighted by molar-refractivity contribution is 5.78. The summed E-state index contributed by atoms with van der Waals surface area (Å²) in [6, 6.07) is -0.186. The lowest BCUT2D eigenvalue weighted by atomic mass is 9.74. The van der Waals surface area contributed by atoms with Crippen LogP contribution in [0.4, 0.5) is 4.79 Å². The van der Waals surface area contributed by atoms with Gasteiger partial charge in [-0.25, -0.2) is 4.79 Å². The van der Waals surface area contributed by atoms with Crippen LogP contribution in [-0.2, 0) is 9.53 Å². The fourth-order valence-electron chi connectivity index (χ4n) is 3.27. The number of nitrogens with zero attached hydrogens (tertiary/aromatic N) is 1. The molecule has 0 spiro atoms. The molecule has 21 heavy (non-hydrogen) atoms. The van der Waals surface area contributed by atoms with Crippen molar-refractivity contribution in [2.24, 2.45) is 5.41 Å². The molecule has 6 nitrogen and oxygen atoms in total. The molecule has 0 aromatic carbocycles. The van der Waals surface area contributed by atoms with Crippen molar-refractivity contribution in [2.75, 3.05) is 26.3 Å². The summed E-state index contributed by atoms with van der Waals surface area (Å²) in [5.41, 5.74) is -1.14. The average molecular weight is 298 g/mol. The Balaban J connectivity index is 1.97. The van der Waals surface area contributed by atoms with Crippen molar-refractivity contribution in [3.8, 4) is 0 Å². The summed E-state index contributed by atoms with van der Waals surface area (Å²) in [5, 5.41) is 12.4. The summed E-state index contributed by atoms with van der Waals surface area (Å²) in [6.07, 6.45) is 4.22. The topological polar surface area (TPSA) is 78.9 Å². The zero-order valence-corrected chi connectivity index (χ0v) is 13.0. The number of urea groups is 1. The number of carbonyl (C=O) groups excluding carboxylic acids is 1. The number of aliphatic carboxylic acids is 1. The lowest BCUT2D eigenvalue weighted by Crippen LogP contribution is -2.59. The number of hydrogen-bond donors (Lipinski definition) is 2. The van der Waals surface area contributed by atoms with Gasteiger partial charge in [-0.2, -0.15) is 0 Å². The van der Waals surface area contributed by atoms with E-state index in [2.05, 4.69) is 5.32 Å². The van der Waals surface area contributed by atoms with Crippen molar-refractivity contribution in [1.29, 1.82) is 0 Å². The highest BCUT2D eigenvalue weighted by Gasteiger charge is 2.41. The summed E-state index contributed by atoms with van der Waals surface area (Å²) in [5.74, 6) is -0.788. The number of carboxylic acid groups (broad SMARTS) is 1. The van der Waals surface area contributed by atoms with Gasteiger partial charge in [-0.3, -0.25) is 4.79 Å². The minimum Gasteiger partial charge on any atom is -0.481 e. The molecule has 0 aromatic heterocycles. The van der Waals surface area contributed by atoms with Crippen molar-refractivity contribution in [2.45, 2.75) is 51.5 Å². The van der Waals surface area contributed by atoms with E-state index in [1.807, 2.05) is 13.8 Å². The van der Waals surface area contributed by atoms with Crippen LogP contribution < -0.4 is 5.32 Å². The molecule has 1 saturated carbocycles. The zero-order valence-electron chi connectivity index (χ0n) is 13.0. The molecule has 0 bridgehead atoms. The Morgan fingerprint density at radius 1 is 1.24 bits per heavy atom. The van der Waals surface area contributed by atoms with Gasteiger partial charge in [-0.1, -0.05) is 19.3 Å². The van der Waals surface area contributed by atoms with Gasteiger partial charge in [0.1, 0.15) is 0 Å². The molecule has 2 fully saturated rings. The number of nitrogens with one attached hydrogen (secondary N) is 1. The van der Waals surface area contributed by atoms with E-state index in [9.17, 15) is 14.7 Å². The Labute approximate surface area is 125 Å². The fourth-order valence-corrected chi connectivity index (χ4v) is 3.27. The van der Waals surface area contributed by atoms with Gasteiger partial charge < -0.3 is 20.1 Å². The van der Waals surface area contributed by atoms with Gasteiger partial charge in [0.25, 0.3) is 0 Å². The van der Waals surface area contributed by atoms with Gasteiger partial charge in [0.05, 0.1) is 24.2 Å². The monoisotopic (exact) mass is 298 g/mol. The third kappa shape index (κ3) is 3.48. The molecule has 0 unspecified atom stereocenters. The van der Waals surface area contributed by atoms with Crippen LogP contribution in [0.25, 0.3) is 0 Å². The van der Waals surface area contributed by atoms with Gasteiger partial charge in [0.2, 0.25) is 0 Å². The SMILES string of the molecule is CC1(C)COCCN1C(=O)NCC1(C(=O)O)CCCCC1. The largest absolute Gasteiger partial charge is 0.481 e. The molecule has 2 N–H and O–H groups in total. The number of amides is 2. The minimum atomic E-state index is -0.788. The number of carbonyl (C=O) groups is 2. The van der Waals surface area contributed by atoms with Crippen LogP contribution in [0.15, 0.2) is 0 Å². The van der Waals surface area contributed by atoms with E-state index in [0.717, 1.165) is 19.3 Å². The van der Waals surface area contributed by atoms with Crippen molar-refractivity contribution >= 4 is 12.0 Å². The Morgan fingerprint density at radius 3 is 2.48 bits per heavy atom. The predicted octanol–water partition coefficient (Wildman–Crippen LogP) is 1.84. The third-order valence-electron chi connectivity index (χ3n) is 4.73. The van der Waals surface area contributed by atoms with Crippen LogP contribution in [-0.4, -0.2) is 53.8 Å². The summed E-state index contributed by atoms with van der Waals surface area (Å²) >= 11 is 0. The second-order valence-corrected chi connectivity index (χ2v) is 6.82. The maximum absolute atomic E-state index is 12.4. The lowest BCUT2D eigenvalue weighted by Gasteiger charge is -2.42. The second kappa shape index (κ2) is 6.22. The molecule has 1 saturated heterocycles. The molecule has 0 radical (unpaired) electrons. The number of hydrogen-bond acceptors (Lipinski definition) is 3. The normalized spacial score (nSPS) is 24.4. The number of rotatable bonds is 3. The summed E-state index contributed by atoms with van der Waals surface area (Å²) in [7, 11) is 0. The van der Waals surface area contributed by atoms with Gasteiger partial charge in [-0.05, 0) is 26.7 Å².